The van der Waals surface area contributed by atoms with Crippen molar-refractivity contribution in [2.45, 2.75) is 26.7 Å². The molecule has 1 unspecified atom stereocenters. The molecule has 2 heteroatoms. The van der Waals surface area contributed by atoms with Gasteiger partial charge in [-0.1, -0.05) is 42.4 Å². The predicted octanol–water partition coefficient (Wildman–Crippen LogP) is 2.31. The predicted molar refractivity (Wildman–Crippen MR) is 61.6 cm³/mol. The highest BCUT2D eigenvalue weighted by atomic mass is 15.2. The van der Waals surface area contributed by atoms with Crippen molar-refractivity contribution in [3.63, 3.8) is 0 Å². The molecule has 1 rings (SSSR count). The van der Waals surface area contributed by atoms with Crippen molar-refractivity contribution < 1.29 is 0 Å². The van der Waals surface area contributed by atoms with Crippen LogP contribution in [0.5, 0.6) is 0 Å². The van der Waals surface area contributed by atoms with Gasteiger partial charge in [0.25, 0.3) is 0 Å². The Morgan fingerprint density at radius 1 is 1.57 bits per heavy atom. The summed E-state index contributed by atoms with van der Waals surface area (Å²) in [6, 6.07) is 0. The van der Waals surface area contributed by atoms with Crippen LogP contribution in [0.2, 0.25) is 0 Å². The zero-order chi connectivity index (χ0) is 10.4. The van der Waals surface area contributed by atoms with Gasteiger partial charge in [-0.2, -0.15) is 0 Å². The fourth-order valence-corrected chi connectivity index (χ4v) is 1.62. The minimum Gasteiger partial charge on any atom is -0.271 e. The zero-order valence-corrected chi connectivity index (χ0v) is 9.09. The summed E-state index contributed by atoms with van der Waals surface area (Å²) >= 11 is 0. The topological polar surface area (TPSA) is 38.0 Å². The van der Waals surface area contributed by atoms with Crippen LogP contribution in [0.25, 0.3) is 0 Å². The van der Waals surface area contributed by atoms with Crippen molar-refractivity contribution in [1.82, 2.24) is 5.43 Å². The van der Waals surface area contributed by atoms with Crippen molar-refractivity contribution in [2.24, 2.45) is 11.8 Å². The van der Waals surface area contributed by atoms with Crippen LogP contribution < -0.4 is 11.3 Å². The van der Waals surface area contributed by atoms with E-state index in [4.69, 9.17) is 5.84 Å². The Bertz CT molecular complexity index is 261. The van der Waals surface area contributed by atoms with Gasteiger partial charge >= 0.3 is 0 Å². The molecule has 0 saturated carbocycles. The third-order valence-corrected chi connectivity index (χ3v) is 2.50. The fraction of sp³-hybridized carbons (Fsp3) is 0.500. The molecule has 0 aromatic carbocycles. The Morgan fingerprint density at radius 3 is 3.00 bits per heavy atom. The molecule has 0 aromatic rings. The van der Waals surface area contributed by atoms with Crippen LogP contribution in [0.15, 0.2) is 35.5 Å². The third kappa shape index (κ3) is 3.48. The lowest BCUT2D eigenvalue weighted by molar-refractivity contribution is 0.652. The molecule has 3 N–H and O–H groups in total. The molecule has 78 valence electrons. The van der Waals surface area contributed by atoms with E-state index in [0.717, 1.165) is 19.4 Å². The summed E-state index contributed by atoms with van der Waals surface area (Å²) in [4.78, 5) is 0. The van der Waals surface area contributed by atoms with Crippen molar-refractivity contribution in [2.75, 3.05) is 6.54 Å². The maximum atomic E-state index is 5.33. The van der Waals surface area contributed by atoms with E-state index in [0.29, 0.717) is 5.92 Å². The molecule has 2 nitrogen and oxygen atoms in total. The average molecular weight is 192 g/mol. The van der Waals surface area contributed by atoms with Crippen LogP contribution in [0, 0.1) is 5.92 Å². The number of hydrogen-bond donors (Lipinski definition) is 2. The minimum atomic E-state index is 0.426. The molecule has 0 bridgehead atoms. The van der Waals surface area contributed by atoms with Crippen LogP contribution in [0.4, 0.5) is 0 Å². The molecule has 1 atom stereocenters. The van der Waals surface area contributed by atoms with Gasteiger partial charge in [0, 0.05) is 12.5 Å². The highest BCUT2D eigenvalue weighted by Crippen LogP contribution is 2.16. The molecule has 0 heterocycles. The average Bonchev–Trinajstić information content (AvgIpc) is 2.15. The first-order valence-corrected chi connectivity index (χ1v) is 5.24. The monoisotopic (exact) mass is 192 g/mol. The maximum Gasteiger partial charge on any atom is 0.0195 e. The molecular formula is C12H20N2. The van der Waals surface area contributed by atoms with Crippen molar-refractivity contribution >= 4 is 0 Å². The Kier molecular flexibility index (Phi) is 4.63. The smallest absolute Gasteiger partial charge is 0.0195 e. The van der Waals surface area contributed by atoms with Gasteiger partial charge in [0.05, 0.1) is 0 Å². The lowest BCUT2D eigenvalue weighted by Crippen LogP contribution is -2.27. The van der Waals surface area contributed by atoms with Gasteiger partial charge in [-0.05, 0) is 19.8 Å². The van der Waals surface area contributed by atoms with E-state index in [9.17, 15) is 0 Å². The van der Waals surface area contributed by atoms with Crippen LogP contribution in [-0.2, 0) is 0 Å². The van der Waals surface area contributed by atoms with Gasteiger partial charge in [0.2, 0.25) is 0 Å². The van der Waals surface area contributed by atoms with Gasteiger partial charge in [0.15, 0.2) is 0 Å². The Hall–Kier alpha value is -0.860. The molecule has 1 aliphatic rings. The molecular weight excluding hydrogens is 172 g/mol. The molecule has 0 spiro atoms. The van der Waals surface area contributed by atoms with Crippen molar-refractivity contribution in [3.05, 3.63) is 35.5 Å². The highest BCUT2D eigenvalue weighted by Gasteiger charge is 2.03. The SMILES string of the molecule is CCC1=CCC(C)=CC(CNN)C=C1. The van der Waals surface area contributed by atoms with E-state index in [1.165, 1.54) is 11.1 Å². The van der Waals surface area contributed by atoms with Gasteiger partial charge in [-0.3, -0.25) is 11.3 Å². The van der Waals surface area contributed by atoms with Gasteiger partial charge in [0.1, 0.15) is 0 Å². The van der Waals surface area contributed by atoms with E-state index < -0.39 is 0 Å². The second-order valence-electron chi connectivity index (χ2n) is 3.78. The number of nitrogens with two attached hydrogens (primary N) is 1. The van der Waals surface area contributed by atoms with Gasteiger partial charge in [-0.15, -0.1) is 0 Å². The van der Waals surface area contributed by atoms with E-state index >= 15 is 0 Å². The molecule has 0 aliphatic heterocycles. The summed E-state index contributed by atoms with van der Waals surface area (Å²) in [5.41, 5.74) is 5.56. The summed E-state index contributed by atoms with van der Waals surface area (Å²) in [6.45, 7) is 5.17. The summed E-state index contributed by atoms with van der Waals surface area (Å²) in [6.07, 6.45) is 11.2. The number of hydrazine groups is 1. The summed E-state index contributed by atoms with van der Waals surface area (Å²) in [5.74, 6) is 5.76. The normalized spacial score (nSPS) is 22.4. The van der Waals surface area contributed by atoms with E-state index in [1.54, 1.807) is 0 Å². The highest BCUT2D eigenvalue weighted by molar-refractivity contribution is 5.26. The standard InChI is InChI=1S/C12H20N2/c1-3-11-5-4-10(2)8-12(7-6-11)9-14-13/h5-8,12,14H,3-4,9,13H2,1-2H3. The van der Waals surface area contributed by atoms with Gasteiger partial charge < -0.3 is 0 Å². The number of nitrogens with one attached hydrogen (secondary N) is 1. The second kappa shape index (κ2) is 5.78. The first-order chi connectivity index (χ1) is 6.76. The third-order valence-electron chi connectivity index (χ3n) is 2.50. The van der Waals surface area contributed by atoms with Crippen LogP contribution in [0.3, 0.4) is 0 Å². The lowest BCUT2D eigenvalue weighted by atomic mass is 9.98. The lowest BCUT2D eigenvalue weighted by Gasteiger charge is -2.12. The van der Waals surface area contributed by atoms with Crippen LogP contribution in [0.1, 0.15) is 26.7 Å². The van der Waals surface area contributed by atoms with E-state index in [2.05, 4.69) is 43.6 Å². The van der Waals surface area contributed by atoms with Crippen LogP contribution >= 0.6 is 0 Å². The Labute approximate surface area is 86.5 Å². The molecule has 0 amide bonds. The van der Waals surface area contributed by atoms with E-state index in [-0.39, 0.29) is 0 Å². The van der Waals surface area contributed by atoms with Gasteiger partial charge in [-0.25, -0.2) is 0 Å². The summed E-state index contributed by atoms with van der Waals surface area (Å²) in [7, 11) is 0. The summed E-state index contributed by atoms with van der Waals surface area (Å²) < 4.78 is 0. The molecule has 0 saturated heterocycles. The van der Waals surface area contributed by atoms with Crippen molar-refractivity contribution in [1.29, 1.82) is 0 Å². The quantitative estimate of drug-likeness (QED) is 0.409. The molecule has 14 heavy (non-hydrogen) atoms. The number of hydrogen-bond acceptors (Lipinski definition) is 2. The Balaban J connectivity index is 2.76. The fourth-order valence-electron chi connectivity index (χ4n) is 1.62. The second-order valence-corrected chi connectivity index (χ2v) is 3.78. The minimum absolute atomic E-state index is 0.426. The molecule has 0 radical (unpaired) electrons. The van der Waals surface area contributed by atoms with Crippen molar-refractivity contribution in [3.8, 4) is 0 Å². The molecule has 1 aliphatic carbocycles. The van der Waals surface area contributed by atoms with Crippen LogP contribution in [-0.4, -0.2) is 6.54 Å². The largest absolute Gasteiger partial charge is 0.271 e. The molecule has 0 aromatic heterocycles. The Morgan fingerprint density at radius 2 is 2.36 bits per heavy atom. The number of rotatable bonds is 3. The van der Waals surface area contributed by atoms with E-state index in [1.807, 2.05) is 0 Å². The molecule has 0 fully saturated rings. The first kappa shape index (κ1) is 11.2. The summed E-state index contributed by atoms with van der Waals surface area (Å²) in [5, 5.41) is 0. The maximum absolute atomic E-state index is 5.33. The zero-order valence-electron chi connectivity index (χ0n) is 9.09. The first-order valence-electron chi connectivity index (χ1n) is 5.24. The number of allylic oxidation sites excluding steroid dienone is 4.